The fourth-order valence-corrected chi connectivity index (χ4v) is 3.30. The highest BCUT2D eigenvalue weighted by Gasteiger charge is 2.11. The molecule has 2 aromatic carbocycles. The van der Waals surface area contributed by atoms with Gasteiger partial charge in [0.1, 0.15) is 0 Å². The van der Waals surface area contributed by atoms with Gasteiger partial charge in [0.25, 0.3) is 0 Å². The van der Waals surface area contributed by atoms with Crippen LogP contribution in [-0.4, -0.2) is 23.1 Å². The molecule has 0 atom stereocenters. The number of nitrogens with one attached hydrogen (secondary N) is 2. The second-order valence-electron chi connectivity index (χ2n) is 4.87. The van der Waals surface area contributed by atoms with E-state index in [0.717, 1.165) is 11.8 Å². The Bertz CT molecular complexity index is 856. The van der Waals surface area contributed by atoms with Gasteiger partial charge >= 0.3 is 10.2 Å². The Morgan fingerprint density at radius 2 is 1.14 bits per heavy atom. The van der Waals surface area contributed by atoms with Crippen LogP contribution in [0.15, 0.2) is 53.4 Å². The van der Waals surface area contributed by atoms with Crippen LogP contribution in [0.2, 0.25) is 0 Å². The van der Waals surface area contributed by atoms with Gasteiger partial charge < -0.3 is 0 Å². The summed E-state index contributed by atoms with van der Waals surface area (Å²) in [6, 6.07) is 12.4. The van der Waals surface area contributed by atoms with E-state index in [1.165, 1.54) is 24.3 Å². The second kappa shape index (κ2) is 5.98. The molecule has 0 aromatic heterocycles. The summed E-state index contributed by atoms with van der Waals surface area (Å²) in [6.45, 7) is 1.90. The first kappa shape index (κ1) is 16.3. The molecule has 22 heavy (non-hydrogen) atoms. The third-order valence-electron chi connectivity index (χ3n) is 2.84. The molecule has 2 aromatic rings. The topological polar surface area (TPSA) is 92.3 Å². The Balaban J connectivity index is 2.13. The van der Waals surface area contributed by atoms with Gasteiger partial charge in [-0.1, -0.05) is 17.7 Å². The molecule has 0 amide bonds. The van der Waals surface area contributed by atoms with Gasteiger partial charge in [-0.2, -0.15) is 8.42 Å². The van der Waals surface area contributed by atoms with Gasteiger partial charge in [-0.15, -0.1) is 0 Å². The summed E-state index contributed by atoms with van der Waals surface area (Å²) in [5, 5.41) is 0. The Morgan fingerprint density at radius 1 is 0.727 bits per heavy atom. The van der Waals surface area contributed by atoms with E-state index in [-0.39, 0.29) is 10.6 Å². The van der Waals surface area contributed by atoms with E-state index in [0.29, 0.717) is 5.69 Å². The molecule has 2 N–H and O–H groups in total. The molecule has 118 valence electrons. The summed E-state index contributed by atoms with van der Waals surface area (Å²) < 4.78 is 51.4. The van der Waals surface area contributed by atoms with Crippen LogP contribution in [0.1, 0.15) is 5.56 Å². The highest BCUT2D eigenvalue weighted by atomic mass is 32.2. The molecule has 8 heteroatoms. The van der Waals surface area contributed by atoms with E-state index in [4.69, 9.17) is 0 Å². The summed E-state index contributed by atoms with van der Waals surface area (Å²) in [5.74, 6) is 0. The Morgan fingerprint density at radius 3 is 1.55 bits per heavy atom. The lowest BCUT2D eigenvalue weighted by molar-refractivity contribution is 0.601. The lowest BCUT2D eigenvalue weighted by Gasteiger charge is -2.11. The quantitative estimate of drug-likeness (QED) is 0.872. The minimum absolute atomic E-state index is 0.127. The smallest absolute Gasteiger partial charge is 0.267 e. The van der Waals surface area contributed by atoms with Gasteiger partial charge in [-0.05, 0) is 43.3 Å². The zero-order valence-corrected chi connectivity index (χ0v) is 13.7. The molecule has 0 saturated carbocycles. The number of hydrogen-bond donors (Lipinski definition) is 2. The molecule has 0 bridgehead atoms. The first-order valence-electron chi connectivity index (χ1n) is 6.33. The van der Waals surface area contributed by atoms with Crippen LogP contribution in [0.5, 0.6) is 0 Å². The highest BCUT2D eigenvalue weighted by Crippen LogP contribution is 2.16. The predicted octanol–water partition coefficient (Wildman–Crippen LogP) is 2.17. The molecule has 0 aliphatic carbocycles. The average molecular weight is 340 g/mol. The molecule has 0 aliphatic rings. The largest absolute Gasteiger partial charge is 0.321 e. The molecule has 0 radical (unpaired) electrons. The monoisotopic (exact) mass is 340 g/mol. The Kier molecular flexibility index (Phi) is 4.43. The van der Waals surface area contributed by atoms with E-state index in [1.807, 2.05) is 6.92 Å². The van der Waals surface area contributed by atoms with Gasteiger partial charge in [-0.3, -0.25) is 9.44 Å². The normalized spacial score (nSPS) is 11.9. The van der Waals surface area contributed by atoms with Gasteiger partial charge in [0.15, 0.2) is 9.84 Å². The molecular formula is C14H16N2O4S2. The van der Waals surface area contributed by atoms with Gasteiger partial charge in [0.05, 0.1) is 16.3 Å². The lowest BCUT2D eigenvalue weighted by Crippen LogP contribution is -2.21. The van der Waals surface area contributed by atoms with E-state index >= 15 is 0 Å². The maximum atomic E-state index is 12.0. The van der Waals surface area contributed by atoms with Crippen LogP contribution >= 0.6 is 0 Å². The first-order valence-corrected chi connectivity index (χ1v) is 9.70. The standard InChI is InChI=1S/C14H16N2O4S2/c1-11-3-5-12(6-4-11)15-22(19,20)16-13-7-9-14(10-8-13)21(2,17)18/h3-10,15-16H,1-2H3. The number of benzene rings is 2. The van der Waals surface area contributed by atoms with Crippen LogP contribution in [0.25, 0.3) is 0 Å². The van der Waals surface area contributed by atoms with Gasteiger partial charge in [0, 0.05) is 6.26 Å². The fraction of sp³-hybridized carbons (Fsp3) is 0.143. The molecular weight excluding hydrogens is 324 g/mol. The number of anilines is 2. The molecule has 0 fully saturated rings. The van der Waals surface area contributed by atoms with Crippen LogP contribution in [0.3, 0.4) is 0 Å². The molecule has 6 nitrogen and oxygen atoms in total. The third kappa shape index (κ3) is 4.47. The zero-order chi connectivity index (χ0) is 16.4. The number of hydrogen-bond acceptors (Lipinski definition) is 4. The molecule has 0 saturated heterocycles. The van der Waals surface area contributed by atoms with Crippen LogP contribution in [-0.2, 0) is 20.0 Å². The highest BCUT2D eigenvalue weighted by molar-refractivity contribution is 7.94. The van der Waals surface area contributed by atoms with Crippen molar-refractivity contribution in [1.82, 2.24) is 0 Å². The summed E-state index contributed by atoms with van der Waals surface area (Å²) in [7, 11) is -7.11. The van der Waals surface area contributed by atoms with Crippen molar-refractivity contribution in [2.24, 2.45) is 0 Å². The fourth-order valence-electron chi connectivity index (χ4n) is 1.73. The minimum atomic E-state index is -3.80. The molecule has 0 spiro atoms. The summed E-state index contributed by atoms with van der Waals surface area (Å²) in [6.07, 6.45) is 1.09. The van der Waals surface area contributed by atoms with Crippen molar-refractivity contribution in [2.45, 2.75) is 11.8 Å². The van der Waals surface area contributed by atoms with Crippen molar-refractivity contribution in [3.05, 3.63) is 54.1 Å². The second-order valence-corrected chi connectivity index (χ2v) is 8.30. The Hall–Kier alpha value is -2.06. The maximum absolute atomic E-state index is 12.0. The van der Waals surface area contributed by atoms with Gasteiger partial charge in [-0.25, -0.2) is 8.42 Å². The van der Waals surface area contributed by atoms with Crippen molar-refractivity contribution >= 4 is 31.4 Å². The third-order valence-corrected chi connectivity index (χ3v) is 4.98. The number of sulfone groups is 1. The Labute approximate surface area is 130 Å². The summed E-state index contributed by atoms with van der Waals surface area (Å²) in [4.78, 5) is 0.127. The lowest BCUT2D eigenvalue weighted by atomic mass is 10.2. The summed E-state index contributed by atoms with van der Waals surface area (Å²) >= 11 is 0. The maximum Gasteiger partial charge on any atom is 0.321 e. The molecule has 0 aliphatic heterocycles. The summed E-state index contributed by atoms with van der Waals surface area (Å²) in [5.41, 5.74) is 1.73. The SMILES string of the molecule is Cc1ccc(NS(=O)(=O)Nc2ccc(S(C)(=O)=O)cc2)cc1. The molecule has 2 rings (SSSR count). The van der Waals surface area contributed by atoms with E-state index in [1.54, 1.807) is 24.3 Å². The van der Waals surface area contributed by atoms with Crippen molar-refractivity contribution in [1.29, 1.82) is 0 Å². The number of rotatable bonds is 5. The average Bonchev–Trinajstić information content (AvgIpc) is 2.40. The van der Waals surface area contributed by atoms with Crippen molar-refractivity contribution < 1.29 is 16.8 Å². The van der Waals surface area contributed by atoms with Gasteiger partial charge in [0.2, 0.25) is 0 Å². The minimum Gasteiger partial charge on any atom is -0.267 e. The van der Waals surface area contributed by atoms with E-state index in [9.17, 15) is 16.8 Å². The van der Waals surface area contributed by atoms with Crippen LogP contribution in [0, 0.1) is 6.92 Å². The van der Waals surface area contributed by atoms with Crippen molar-refractivity contribution in [3.8, 4) is 0 Å². The van der Waals surface area contributed by atoms with Crippen molar-refractivity contribution in [2.75, 3.05) is 15.7 Å². The van der Waals surface area contributed by atoms with E-state index in [2.05, 4.69) is 9.44 Å². The van der Waals surface area contributed by atoms with Crippen molar-refractivity contribution in [3.63, 3.8) is 0 Å². The van der Waals surface area contributed by atoms with Crippen LogP contribution < -0.4 is 9.44 Å². The predicted molar refractivity (Wildman–Crippen MR) is 86.9 cm³/mol. The van der Waals surface area contributed by atoms with E-state index < -0.39 is 20.0 Å². The molecule has 0 heterocycles. The van der Waals surface area contributed by atoms with Crippen LogP contribution in [0.4, 0.5) is 11.4 Å². The first-order chi connectivity index (χ1) is 10.2. The zero-order valence-electron chi connectivity index (χ0n) is 12.1. The molecule has 0 unspecified atom stereocenters. The number of aryl methyl sites for hydroxylation is 1.